The number of nitrogens with zero attached hydrogens (tertiary/aromatic N) is 3. The molecule has 3 rings (SSSR count). The van der Waals surface area contributed by atoms with Crippen molar-refractivity contribution in [2.45, 2.75) is 70.4 Å². The number of aromatic nitrogens is 3. The van der Waals surface area contributed by atoms with Crippen molar-refractivity contribution in [2.75, 3.05) is 11.4 Å². The molecule has 106 valence electrons. The molecule has 19 heavy (non-hydrogen) atoms. The number of hydrogen-bond donors (Lipinski definition) is 1. The molecule has 0 saturated heterocycles. The third-order valence-corrected chi connectivity index (χ3v) is 4.62. The Bertz CT molecular complexity index is 468. The van der Waals surface area contributed by atoms with Crippen molar-refractivity contribution in [3.63, 3.8) is 0 Å². The smallest absolute Gasteiger partial charge is 0.226 e. The minimum Gasteiger partial charge on any atom is -0.338 e. The van der Waals surface area contributed by atoms with Crippen LogP contribution in [0.25, 0.3) is 0 Å². The fourth-order valence-corrected chi connectivity index (χ4v) is 3.52. The van der Waals surface area contributed by atoms with E-state index in [4.69, 9.17) is 12.2 Å². The maximum absolute atomic E-state index is 5.48. The lowest BCUT2D eigenvalue weighted by Gasteiger charge is -2.29. The van der Waals surface area contributed by atoms with Gasteiger partial charge in [0, 0.05) is 18.6 Å². The number of anilines is 1. The van der Waals surface area contributed by atoms with Gasteiger partial charge in [-0.3, -0.25) is 4.57 Å². The van der Waals surface area contributed by atoms with Crippen LogP contribution in [-0.4, -0.2) is 27.4 Å². The molecule has 2 fully saturated rings. The Kier molecular flexibility index (Phi) is 3.91. The highest BCUT2D eigenvalue weighted by Gasteiger charge is 2.33. The maximum atomic E-state index is 5.48. The number of rotatable bonds is 5. The van der Waals surface area contributed by atoms with E-state index >= 15 is 0 Å². The molecule has 0 unspecified atom stereocenters. The van der Waals surface area contributed by atoms with Gasteiger partial charge in [-0.25, -0.2) is 5.10 Å². The average Bonchev–Trinajstić information content (AvgIpc) is 3.20. The highest BCUT2D eigenvalue weighted by atomic mass is 32.1. The SMILES string of the molecule is CCCN(c1n[nH]c(=S)n1C1CCCCC1)C1CC1. The lowest BCUT2D eigenvalue weighted by Crippen LogP contribution is -2.31. The number of H-pyrrole nitrogens is 1. The van der Waals surface area contributed by atoms with Gasteiger partial charge < -0.3 is 4.90 Å². The van der Waals surface area contributed by atoms with Gasteiger partial charge in [0.25, 0.3) is 0 Å². The van der Waals surface area contributed by atoms with Gasteiger partial charge in [0.05, 0.1) is 0 Å². The molecule has 0 aromatic carbocycles. The van der Waals surface area contributed by atoms with Gasteiger partial charge in [-0.15, -0.1) is 5.10 Å². The molecule has 1 heterocycles. The first-order valence-electron chi connectivity index (χ1n) is 7.74. The molecular weight excluding hydrogens is 256 g/mol. The fraction of sp³-hybridized carbons (Fsp3) is 0.857. The minimum atomic E-state index is 0.563. The summed E-state index contributed by atoms with van der Waals surface area (Å²) in [6.45, 7) is 3.33. The van der Waals surface area contributed by atoms with Crippen LogP contribution in [0.15, 0.2) is 0 Å². The van der Waals surface area contributed by atoms with Crippen molar-refractivity contribution in [1.82, 2.24) is 14.8 Å². The number of aromatic amines is 1. The topological polar surface area (TPSA) is 36.9 Å². The van der Waals surface area contributed by atoms with Crippen molar-refractivity contribution < 1.29 is 0 Å². The molecule has 5 heteroatoms. The van der Waals surface area contributed by atoms with Gasteiger partial charge in [0.1, 0.15) is 0 Å². The van der Waals surface area contributed by atoms with Crippen molar-refractivity contribution in [2.24, 2.45) is 0 Å². The monoisotopic (exact) mass is 280 g/mol. The molecule has 0 radical (unpaired) electrons. The van der Waals surface area contributed by atoms with E-state index in [9.17, 15) is 0 Å². The van der Waals surface area contributed by atoms with Crippen molar-refractivity contribution in [1.29, 1.82) is 0 Å². The van der Waals surface area contributed by atoms with Crippen LogP contribution in [0.3, 0.4) is 0 Å². The molecule has 0 spiro atoms. The second-order valence-corrected chi connectivity index (χ2v) is 6.30. The van der Waals surface area contributed by atoms with Crippen LogP contribution in [0.4, 0.5) is 5.95 Å². The van der Waals surface area contributed by atoms with Gasteiger partial charge in [0.2, 0.25) is 5.95 Å². The summed E-state index contributed by atoms with van der Waals surface area (Å²) in [6.07, 6.45) is 10.3. The quantitative estimate of drug-likeness (QED) is 0.833. The second-order valence-electron chi connectivity index (χ2n) is 5.92. The lowest BCUT2D eigenvalue weighted by atomic mass is 9.95. The van der Waals surface area contributed by atoms with Crippen molar-refractivity contribution in [3.8, 4) is 0 Å². The zero-order chi connectivity index (χ0) is 13.2. The number of hydrogen-bond acceptors (Lipinski definition) is 3. The third-order valence-electron chi connectivity index (χ3n) is 4.33. The first-order valence-corrected chi connectivity index (χ1v) is 8.15. The van der Waals surface area contributed by atoms with Crippen LogP contribution in [-0.2, 0) is 0 Å². The molecule has 0 atom stereocenters. The average molecular weight is 280 g/mol. The summed E-state index contributed by atoms with van der Waals surface area (Å²) in [4.78, 5) is 2.47. The molecular formula is C14H24N4S. The highest BCUT2D eigenvalue weighted by Crippen LogP contribution is 2.35. The standard InChI is InChI=1S/C14H24N4S/c1-2-10-17(11-8-9-11)13-15-16-14(19)18(13)12-6-4-3-5-7-12/h11-12H,2-10H2,1H3,(H,16,19). The van der Waals surface area contributed by atoms with Crippen LogP contribution in [0.5, 0.6) is 0 Å². The summed E-state index contributed by atoms with van der Waals surface area (Å²) in [6, 6.07) is 1.26. The summed E-state index contributed by atoms with van der Waals surface area (Å²) < 4.78 is 3.12. The van der Waals surface area contributed by atoms with Gasteiger partial charge in [-0.1, -0.05) is 26.2 Å². The zero-order valence-electron chi connectivity index (χ0n) is 11.8. The van der Waals surface area contributed by atoms with E-state index in [0.717, 1.165) is 17.3 Å². The zero-order valence-corrected chi connectivity index (χ0v) is 12.6. The Hall–Kier alpha value is -0.840. The predicted molar refractivity (Wildman–Crippen MR) is 80.2 cm³/mol. The molecule has 1 aromatic rings. The molecule has 1 N–H and O–H groups in total. The number of nitrogens with one attached hydrogen (secondary N) is 1. The Labute approximate surface area is 120 Å². The first-order chi connectivity index (χ1) is 9.31. The summed E-state index contributed by atoms with van der Waals surface area (Å²) in [5, 5.41) is 7.57. The largest absolute Gasteiger partial charge is 0.338 e. The molecule has 2 aliphatic rings. The first kappa shape index (κ1) is 13.2. The van der Waals surface area contributed by atoms with E-state index < -0.39 is 0 Å². The predicted octanol–water partition coefficient (Wildman–Crippen LogP) is 3.82. The summed E-state index contributed by atoms with van der Waals surface area (Å²) >= 11 is 5.48. The van der Waals surface area contributed by atoms with Gasteiger partial charge in [-0.05, 0) is 44.3 Å². The maximum Gasteiger partial charge on any atom is 0.226 e. The van der Waals surface area contributed by atoms with E-state index in [0.29, 0.717) is 12.1 Å². The molecule has 1 aromatic heterocycles. The summed E-state index contributed by atoms with van der Waals surface area (Å²) in [5.74, 6) is 1.10. The van der Waals surface area contributed by atoms with Crippen LogP contribution >= 0.6 is 12.2 Å². The molecule has 0 amide bonds. The molecule has 2 aliphatic carbocycles. The van der Waals surface area contributed by atoms with E-state index in [-0.39, 0.29) is 0 Å². The Morgan fingerprint density at radius 2 is 2.00 bits per heavy atom. The van der Waals surface area contributed by atoms with E-state index in [1.807, 2.05) is 0 Å². The van der Waals surface area contributed by atoms with E-state index in [2.05, 4.69) is 26.6 Å². The summed E-state index contributed by atoms with van der Waals surface area (Å²) in [7, 11) is 0. The molecule has 0 aliphatic heterocycles. The second kappa shape index (κ2) is 5.65. The summed E-state index contributed by atoms with van der Waals surface area (Å²) in [5.41, 5.74) is 0. The third kappa shape index (κ3) is 2.71. The molecule has 4 nitrogen and oxygen atoms in total. The Morgan fingerprint density at radius 3 is 2.63 bits per heavy atom. The van der Waals surface area contributed by atoms with Crippen LogP contribution in [0, 0.1) is 4.77 Å². The normalized spacial score (nSPS) is 20.7. The molecule has 2 saturated carbocycles. The lowest BCUT2D eigenvalue weighted by molar-refractivity contribution is 0.350. The van der Waals surface area contributed by atoms with Crippen LogP contribution in [0.2, 0.25) is 0 Å². The van der Waals surface area contributed by atoms with Gasteiger partial charge in [0.15, 0.2) is 4.77 Å². The van der Waals surface area contributed by atoms with Gasteiger partial charge in [-0.2, -0.15) is 0 Å². The van der Waals surface area contributed by atoms with Gasteiger partial charge >= 0.3 is 0 Å². The van der Waals surface area contributed by atoms with Crippen LogP contribution < -0.4 is 4.90 Å². The molecule has 0 bridgehead atoms. The van der Waals surface area contributed by atoms with Crippen molar-refractivity contribution in [3.05, 3.63) is 4.77 Å². The minimum absolute atomic E-state index is 0.563. The Morgan fingerprint density at radius 1 is 1.26 bits per heavy atom. The van der Waals surface area contributed by atoms with E-state index in [1.165, 1.54) is 51.4 Å². The Balaban J connectivity index is 1.89. The van der Waals surface area contributed by atoms with Crippen molar-refractivity contribution >= 4 is 18.2 Å². The van der Waals surface area contributed by atoms with E-state index in [1.54, 1.807) is 0 Å². The fourth-order valence-electron chi connectivity index (χ4n) is 3.24. The van der Waals surface area contributed by atoms with Crippen LogP contribution in [0.1, 0.15) is 64.3 Å². The highest BCUT2D eigenvalue weighted by molar-refractivity contribution is 7.71.